The zero-order valence-electron chi connectivity index (χ0n) is 19.1. The third-order valence-corrected chi connectivity index (χ3v) is 6.85. The number of piperidine rings is 1. The Morgan fingerprint density at radius 1 is 1.26 bits per heavy atom. The van der Waals surface area contributed by atoms with Gasteiger partial charge in [0, 0.05) is 23.7 Å². The maximum atomic E-state index is 13.3. The van der Waals surface area contributed by atoms with E-state index in [4.69, 9.17) is 0 Å². The highest BCUT2D eigenvalue weighted by Gasteiger charge is 2.38. The number of aryl methyl sites for hydroxylation is 2. The monoisotopic (exact) mass is 425 g/mol. The molecule has 31 heavy (non-hydrogen) atoms. The van der Waals surface area contributed by atoms with E-state index >= 15 is 0 Å². The van der Waals surface area contributed by atoms with Gasteiger partial charge in [0.15, 0.2) is 6.04 Å². The standard InChI is InChI=1S/C23H32N6O2/c1-6-23(4,5)29-21(25-26-27-29)20(28-9-7-16(30)8-10-28)18-13-17-15(3)11-14(2)12-19(17)24-22(18)31/h11-13,16,20,30H,6-10H2,1-5H3,(H,24,31)/p+1/t20-/m1/s1. The smallest absolute Gasteiger partial charge is 0.258 e. The molecule has 1 saturated heterocycles. The molecule has 1 fully saturated rings. The second kappa shape index (κ2) is 8.16. The van der Waals surface area contributed by atoms with Gasteiger partial charge in [-0.15, -0.1) is 5.10 Å². The minimum absolute atomic E-state index is 0.107. The van der Waals surface area contributed by atoms with E-state index in [9.17, 15) is 9.90 Å². The summed E-state index contributed by atoms with van der Waals surface area (Å²) in [6, 6.07) is 5.86. The maximum Gasteiger partial charge on any atom is 0.258 e. The van der Waals surface area contributed by atoms with Crippen molar-refractivity contribution >= 4 is 10.9 Å². The molecule has 0 radical (unpaired) electrons. The van der Waals surface area contributed by atoms with Crippen molar-refractivity contribution in [1.29, 1.82) is 0 Å². The quantitative estimate of drug-likeness (QED) is 0.574. The number of quaternary nitrogens is 1. The van der Waals surface area contributed by atoms with E-state index in [-0.39, 0.29) is 23.2 Å². The SMILES string of the molecule is CCC(C)(C)n1nnnc1[C@@H](c1cc2c(C)cc(C)cc2[nH]c1=O)[NH+]1CCC(O)CC1. The number of nitrogens with zero attached hydrogens (tertiary/aromatic N) is 4. The Balaban J connectivity index is 1.92. The molecule has 3 N–H and O–H groups in total. The molecular formula is C23H33N6O2+. The molecule has 3 heterocycles. The number of benzene rings is 1. The molecule has 0 bridgehead atoms. The Bertz CT molecular complexity index is 1140. The predicted molar refractivity (Wildman–Crippen MR) is 119 cm³/mol. The Hall–Kier alpha value is -2.58. The largest absolute Gasteiger partial charge is 0.393 e. The Morgan fingerprint density at radius 2 is 1.97 bits per heavy atom. The van der Waals surface area contributed by atoms with Crippen molar-refractivity contribution in [2.75, 3.05) is 13.1 Å². The first-order valence-corrected chi connectivity index (χ1v) is 11.2. The highest BCUT2D eigenvalue weighted by molar-refractivity contribution is 5.83. The molecule has 0 saturated carbocycles. The normalized spacial score (nSPS) is 20.8. The van der Waals surface area contributed by atoms with Crippen molar-refractivity contribution in [2.45, 2.75) is 71.6 Å². The summed E-state index contributed by atoms with van der Waals surface area (Å²) in [5, 5.41) is 23.8. The Labute approximate surface area is 182 Å². The van der Waals surface area contributed by atoms with Gasteiger partial charge in [0.1, 0.15) is 0 Å². The van der Waals surface area contributed by atoms with Crippen molar-refractivity contribution < 1.29 is 10.0 Å². The number of tetrazole rings is 1. The number of rotatable bonds is 5. The first-order valence-electron chi connectivity index (χ1n) is 11.2. The van der Waals surface area contributed by atoms with Gasteiger partial charge in [0.2, 0.25) is 5.82 Å². The zero-order valence-corrected chi connectivity index (χ0v) is 19.1. The van der Waals surface area contributed by atoms with Crippen LogP contribution in [0.5, 0.6) is 0 Å². The lowest BCUT2D eigenvalue weighted by molar-refractivity contribution is -0.932. The maximum absolute atomic E-state index is 13.3. The average Bonchev–Trinajstić information content (AvgIpc) is 3.20. The molecule has 8 heteroatoms. The number of aliphatic hydroxyl groups excluding tert-OH is 1. The fourth-order valence-electron chi connectivity index (χ4n) is 4.66. The molecule has 0 unspecified atom stereocenters. The van der Waals surface area contributed by atoms with Crippen LogP contribution in [0, 0.1) is 13.8 Å². The predicted octanol–water partition coefficient (Wildman–Crippen LogP) is 1.41. The van der Waals surface area contributed by atoms with Gasteiger partial charge < -0.3 is 15.0 Å². The van der Waals surface area contributed by atoms with Crippen molar-refractivity contribution in [3.05, 3.63) is 51.1 Å². The fourth-order valence-corrected chi connectivity index (χ4v) is 4.66. The van der Waals surface area contributed by atoms with Crippen LogP contribution in [-0.4, -0.2) is 49.5 Å². The van der Waals surface area contributed by atoms with Crippen LogP contribution in [0.3, 0.4) is 0 Å². The molecule has 2 aromatic heterocycles. The number of aromatic amines is 1. The van der Waals surface area contributed by atoms with Crippen molar-refractivity contribution in [3.63, 3.8) is 0 Å². The van der Waals surface area contributed by atoms with Gasteiger partial charge in [0.25, 0.3) is 5.56 Å². The number of aromatic nitrogens is 5. The Kier molecular flexibility index (Phi) is 5.70. The highest BCUT2D eigenvalue weighted by atomic mass is 16.3. The summed E-state index contributed by atoms with van der Waals surface area (Å²) in [4.78, 5) is 17.7. The molecular weight excluding hydrogens is 392 g/mol. The summed E-state index contributed by atoms with van der Waals surface area (Å²) < 4.78 is 1.88. The van der Waals surface area contributed by atoms with Gasteiger partial charge in [-0.25, -0.2) is 4.68 Å². The lowest BCUT2D eigenvalue weighted by Crippen LogP contribution is -3.14. The summed E-state index contributed by atoms with van der Waals surface area (Å²) >= 11 is 0. The molecule has 8 nitrogen and oxygen atoms in total. The first kappa shape index (κ1) is 21.6. The molecule has 3 aromatic rings. The molecule has 1 aromatic carbocycles. The van der Waals surface area contributed by atoms with Gasteiger partial charge in [-0.3, -0.25) is 4.79 Å². The molecule has 0 amide bonds. The Morgan fingerprint density at radius 3 is 2.65 bits per heavy atom. The molecule has 1 aliphatic rings. The summed E-state index contributed by atoms with van der Waals surface area (Å²) in [6.07, 6.45) is 1.98. The second-order valence-corrected chi connectivity index (χ2v) is 9.53. The highest BCUT2D eigenvalue weighted by Crippen LogP contribution is 2.26. The van der Waals surface area contributed by atoms with Crippen LogP contribution in [0.1, 0.15) is 68.6 Å². The summed E-state index contributed by atoms with van der Waals surface area (Å²) in [5.41, 5.74) is 3.39. The minimum atomic E-state index is -0.304. The van der Waals surface area contributed by atoms with Crippen molar-refractivity contribution in [3.8, 4) is 0 Å². The van der Waals surface area contributed by atoms with Gasteiger partial charge in [-0.05, 0) is 67.8 Å². The number of H-pyrrole nitrogens is 1. The van der Waals surface area contributed by atoms with Crippen LogP contribution in [0.2, 0.25) is 0 Å². The number of aliphatic hydroxyl groups is 1. The number of nitrogens with one attached hydrogen (secondary N) is 2. The zero-order chi connectivity index (χ0) is 22.3. The van der Waals surface area contributed by atoms with Crippen LogP contribution in [0.15, 0.2) is 23.0 Å². The lowest BCUT2D eigenvalue weighted by atomic mass is 9.96. The molecule has 166 valence electrons. The number of pyridine rings is 1. The van der Waals surface area contributed by atoms with Gasteiger partial charge in [-0.1, -0.05) is 13.0 Å². The fraction of sp³-hybridized carbons (Fsp3) is 0.565. The van der Waals surface area contributed by atoms with Crippen LogP contribution >= 0.6 is 0 Å². The topological polar surface area (TPSA) is 101 Å². The van der Waals surface area contributed by atoms with E-state index in [1.807, 2.05) is 23.7 Å². The summed E-state index contributed by atoms with van der Waals surface area (Å²) in [6.45, 7) is 11.9. The van der Waals surface area contributed by atoms with Crippen LogP contribution in [-0.2, 0) is 5.54 Å². The van der Waals surface area contributed by atoms with Crippen LogP contribution in [0.25, 0.3) is 10.9 Å². The number of hydrogen-bond donors (Lipinski definition) is 3. The third kappa shape index (κ3) is 4.02. The third-order valence-electron chi connectivity index (χ3n) is 6.85. The first-order chi connectivity index (χ1) is 14.7. The van der Waals surface area contributed by atoms with E-state index in [2.05, 4.69) is 54.3 Å². The van der Waals surface area contributed by atoms with Gasteiger partial charge in [0.05, 0.1) is 30.3 Å². The minimum Gasteiger partial charge on any atom is -0.393 e. The summed E-state index contributed by atoms with van der Waals surface area (Å²) in [5.74, 6) is 0.702. The average molecular weight is 426 g/mol. The second-order valence-electron chi connectivity index (χ2n) is 9.53. The van der Waals surface area contributed by atoms with E-state index < -0.39 is 0 Å². The number of fused-ring (bicyclic) bond motifs is 1. The molecule has 1 aliphatic heterocycles. The number of hydrogen-bond acceptors (Lipinski definition) is 5. The summed E-state index contributed by atoms with van der Waals surface area (Å²) in [7, 11) is 0. The van der Waals surface area contributed by atoms with E-state index in [0.717, 1.165) is 41.5 Å². The van der Waals surface area contributed by atoms with E-state index in [0.29, 0.717) is 24.2 Å². The molecule has 4 rings (SSSR count). The van der Waals surface area contributed by atoms with Gasteiger partial charge >= 0.3 is 0 Å². The number of likely N-dealkylation sites (tertiary alicyclic amines) is 1. The molecule has 0 aliphatic carbocycles. The lowest BCUT2D eigenvalue weighted by Gasteiger charge is -2.34. The van der Waals surface area contributed by atoms with E-state index in [1.165, 1.54) is 4.90 Å². The van der Waals surface area contributed by atoms with Crippen LogP contribution < -0.4 is 10.5 Å². The van der Waals surface area contributed by atoms with Crippen molar-refractivity contribution in [1.82, 2.24) is 25.2 Å². The van der Waals surface area contributed by atoms with Crippen LogP contribution in [0.4, 0.5) is 0 Å². The van der Waals surface area contributed by atoms with Gasteiger partial charge in [-0.2, -0.15) is 0 Å². The molecule has 0 spiro atoms. The van der Waals surface area contributed by atoms with Crippen molar-refractivity contribution in [2.24, 2.45) is 0 Å². The molecule has 1 atom stereocenters. The van der Waals surface area contributed by atoms with E-state index in [1.54, 1.807) is 0 Å².